The lowest BCUT2D eigenvalue weighted by molar-refractivity contribution is 0.0789. The number of hydrogen-bond acceptors (Lipinski definition) is 3. The highest BCUT2D eigenvalue weighted by Gasteiger charge is 2.31. The van der Waals surface area contributed by atoms with E-state index in [1.165, 1.54) is 5.56 Å². The zero-order chi connectivity index (χ0) is 18.4. The SMILES string of the molecule is O=C(c1nc(C(=O)N2CCc3ccccc32)n2ccccc12)N1CCCC1. The third-order valence-corrected chi connectivity index (χ3v) is 5.47. The molecule has 0 unspecified atom stereocenters. The number of fused-ring (bicyclic) bond motifs is 2. The number of carbonyl (C=O) groups is 2. The van der Waals surface area contributed by atoms with E-state index in [0.29, 0.717) is 23.6 Å². The van der Waals surface area contributed by atoms with Gasteiger partial charge >= 0.3 is 0 Å². The van der Waals surface area contributed by atoms with Crippen molar-refractivity contribution in [2.75, 3.05) is 24.5 Å². The van der Waals surface area contributed by atoms with Gasteiger partial charge in [-0.3, -0.25) is 14.0 Å². The predicted molar refractivity (Wildman–Crippen MR) is 102 cm³/mol. The van der Waals surface area contributed by atoms with Crippen molar-refractivity contribution in [3.8, 4) is 0 Å². The number of nitrogens with zero attached hydrogens (tertiary/aromatic N) is 4. The molecule has 27 heavy (non-hydrogen) atoms. The van der Waals surface area contributed by atoms with Gasteiger partial charge in [0.25, 0.3) is 11.8 Å². The summed E-state index contributed by atoms with van der Waals surface area (Å²) in [6.45, 7) is 2.15. The second-order valence-corrected chi connectivity index (χ2v) is 7.07. The van der Waals surface area contributed by atoms with Crippen molar-refractivity contribution in [3.63, 3.8) is 0 Å². The van der Waals surface area contributed by atoms with Gasteiger partial charge in [-0.2, -0.15) is 0 Å². The molecule has 0 N–H and O–H groups in total. The van der Waals surface area contributed by atoms with Gasteiger partial charge in [-0.15, -0.1) is 0 Å². The van der Waals surface area contributed by atoms with E-state index in [0.717, 1.165) is 38.0 Å². The van der Waals surface area contributed by atoms with Crippen molar-refractivity contribution in [2.24, 2.45) is 0 Å². The zero-order valence-corrected chi connectivity index (χ0v) is 15.0. The molecule has 2 aliphatic heterocycles. The molecule has 0 saturated carbocycles. The maximum absolute atomic E-state index is 13.3. The summed E-state index contributed by atoms with van der Waals surface area (Å²) in [6.07, 6.45) is 4.69. The molecule has 2 amide bonds. The van der Waals surface area contributed by atoms with Crippen LogP contribution in [0.15, 0.2) is 48.7 Å². The van der Waals surface area contributed by atoms with E-state index in [-0.39, 0.29) is 11.8 Å². The number of carbonyl (C=O) groups excluding carboxylic acids is 2. The molecule has 2 aromatic heterocycles. The molecule has 136 valence electrons. The molecule has 6 heteroatoms. The molecule has 0 radical (unpaired) electrons. The minimum absolute atomic E-state index is 0.0860. The van der Waals surface area contributed by atoms with Crippen LogP contribution >= 0.6 is 0 Å². The Morgan fingerprint density at radius 2 is 1.67 bits per heavy atom. The standard InChI is InChI=1S/C21H20N4O2/c26-20(23-11-5-6-12-23)18-17-9-3-4-13-24(17)19(22-18)21(27)25-14-10-15-7-1-2-8-16(15)25/h1-4,7-9,13H,5-6,10-12,14H2. The van der Waals surface area contributed by atoms with Gasteiger partial charge in [0.15, 0.2) is 5.69 Å². The fraction of sp³-hybridized carbons (Fsp3) is 0.286. The van der Waals surface area contributed by atoms with Crippen molar-refractivity contribution < 1.29 is 9.59 Å². The lowest BCUT2D eigenvalue weighted by Crippen LogP contribution is -2.31. The van der Waals surface area contributed by atoms with Crippen LogP contribution in [0.5, 0.6) is 0 Å². The molecule has 0 aliphatic carbocycles. The molecule has 1 aromatic carbocycles. The molecule has 1 fully saturated rings. The van der Waals surface area contributed by atoms with Crippen LogP contribution in [0.3, 0.4) is 0 Å². The Labute approximate surface area is 157 Å². The first-order valence-corrected chi connectivity index (χ1v) is 9.40. The van der Waals surface area contributed by atoms with Crippen LogP contribution in [0.1, 0.15) is 39.5 Å². The van der Waals surface area contributed by atoms with Gasteiger partial charge in [0.1, 0.15) is 0 Å². The number of rotatable bonds is 2. The quantitative estimate of drug-likeness (QED) is 0.706. The van der Waals surface area contributed by atoms with Gasteiger partial charge in [0.05, 0.1) is 5.52 Å². The van der Waals surface area contributed by atoms with E-state index < -0.39 is 0 Å². The molecule has 4 heterocycles. The molecule has 5 rings (SSSR count). The fourth-order valence-electron chi connectivity index (χ4n) is 4.09. The lowest BCUT2D eigenvalue weighted by Gasteiger charge is -2.16. The van der Waals surface area contributed by atoms with E-state index in [1.54, 1.807) is 15.5 Å². The largest absolute Gasteiger partial charge is 0.337 e. The van der Waals surface area contributed by atoms with Gasteiger partial charge in [-0.05, 0) is 43.0 Å². The Hall–Kier alpha value is -3.15. The number of hydrogen-bond donors (Lipinski definition) is 0. The Morgan fingerprint density at radius 3 is 2.52 bits per heavy atom. The summed E-state index contributed by atoms with van der Waals surface area (Å²) in [5, 5.41) is 0. The minimum Gasteiger partial charge on any atom is -0.337 e. The second-order valence-electron chi connectivity index (χ2n) is 7.07. The van der Waals surface area contributed by atoms with Crippen molar-refractivity contribution >= 4 is 23.0 Å². The Morgan fingerprint density at radius 1 is 0.889 bits per heavy atom. The zero-order valence-electron chi connectivity index (χ0n) is 15.0. The lowest BCUT2D eigenvalue weighted by atomic mass is 10.2. The van der Waals surface area contributed by atoms with Crippen molar-refractivity contribution in [3.05, 3.63) is 65.7 Å². The number of pyridine rings is 1. The average molecular weight is 360 g/mol. The number of para-hydroxylation sites is 1. The van der Waals surface area contributed by atoms with Crippen LogP contribution in [-0.4, -0.2) is 45.7 Å². The van der Waals surface area contributed by atoms with E-state index in [9.17, 15) is 9.59 Å². The summed E-state index contributed by atoms with van der Waals surface area (Å²) in [5.74, 6) is 0.0449. The summed E-state index contributed by atoms with van der Waals surface area (Å²) in [4.78, 5) is 34.4. The second kappa shape index (κ2) is 6.23. The first kappa shape index (κ1) is 16.1. The fourth-order valence-corrected chi connectivity index (χ4v) is 4.09. The number of likely N-dealkylation sites (tertiary alicyclic amines) is 1. The maximum atomic E-state index is 13.3. The molecule has 2 aliphatic rings. The summed E-state index contributed by atoms with van der Waals surface area (Å²) in [5.41, 5.74) is 3.15. The summed E-state index contributed by atoms with van der Waals surface area (Å²) in [7, 11) is 0. The van der Waals surface area contributed by atoms with Crippen LogP contribution in [0, 0.1) is 0 Å². The number of benzene rings is 1. The Balaban J connectivity index is 1.58. The minimum atomic E-state index is -0.165. The Kier molecular flexibility index (Phi) is 3.70. The van der Waals surface area contributed by atoms with Crippen molar-refractivity contribution in [2.45, 2.75) is 19.3 Å². The number of anilines is 1. The number of amides is 2. The average Bonchev–Trinajstić information content (AvgIpc) is 3.45. The first-order valence-electron chi connectivity index (χ1n) is 9.40. The Bertz CT molecular complexity index is 1050. The summed E-state index contributed by atoms with van der Waals surface area (Å²) < 4.78 is 1.74. The molecular formula is C21H20N4O2. The molecule has 0 atom stereocenters. The van der Waals surface area contributed by atoms with Gasteiger partial charge < -0.3 is 9.80 Å². The summed E-state index contributed by atoms with van der Waals surface area (Å²) in [6, 6.07) is 13.5. The number of imidazole rings is 1. The predicted octanol–water partition coefficient (Wildman–Crippen LogP) is 2.77. The molecule has 0 bridgehead atoms. The highest BCUT2D eigenvalue weighted by Crippen LogP contribution is 2.29. The van der Waals surface area contributed by atoms with E-state index in [4.69, 9.17) is 0 Å². The van der Waals surface area contributed by atoms with Crippen LogP contribution < -0.4 is 4.90 Å². The van der Waals surface area contributed by atoms with Crippen molar-refractivity contribution in [1.82, 2.24) is 14.3 Å². The maximum Gasteiger partial charge on any atom is 0.294 e. The van der Waals surface area contributed by atoms with Crippen LogP contribution in [0.2, 0.25) is 0 Å². The third-order valence-electron chi connectivity index (χ3n) is 5.47. The molecule has 0 spiro atoms. The van der Waals surface area contributed by atoms with Gasteiger partial charge in [0.2, 0.25) is 5.82 Å². The smallest absolute Gasteiger partial charge is 0.294 e. The topological polar surface area (TPSA) is 57.9 Å². The molecular weight excluding hydrogens is 340 g/mol. The van der Waals surface area contributed by atoms with Gasteiger partial charge in [-0.25, -0.2) is 4.98 Å². The van der Waals surface area contributed by atoms with E-state index >= 15 is 0 Å². The van der Waals surface area contributed by atoms with Gasteiger partial charge in [0, 0.05) is 31.5 Å². The van der Waals surface area contributed by atoms with Gasteiger partial charge in [-0.1, -0.05) is 24.3 Å². The van der Waals surface area contributed by atoms with E-state index in [2.05, 4.69) is 11.1 Å². The van der Waals surface area contributed by atoms with Crippen LogP contribution in [0.25, 0.3) is 5.52 Å². The molecule has 3 aromatic rings. The highest BCUT2D eigenvalue weighted by molar-refractivity contribution is 6.08. The van der Waals surface area contributed by atoms with E-state index in [1.807, 2.05) is 41.3 Å². The first-order chi connectivity index (χ1) is 13.2. The highest BCUT2D eigenvalue weighted by atomic mass is 16.2. The third kappa shape index (κ3) is 2.51. The molecule has 1 saturated heterocycles. The van der Waals surface area contributed by atoms with Crippen LogP contribution in [0.4, 0.5) is 5.69 Å². The number of aromatic nitrogens is 2. The summed E-state index contributed by atoms with van der Waals surface area (Å²) >= 11 is 0. The van der Waals surface area contributed by atoms with Crippen LogP contribution in [-0.2, 0) is 6.42 Å². The normalized spacial score (nSPS) is 16.1. The monoisotopic (exact) mass is 360 g/mol. The molecule has 6 nitrogen and oxygen atoms in total. The van der Waals surface area contributed by atoms with Crippen molar-refractivity contribution in [1.29, 1.82) is 0 Å².